The predicted molar refractivity (Wildman–Crippen MR) is 120 cm³/mol. The van der Waals surface area contributed by atoms with Crippen molar-refractivity contribution in [3.63, 3.8) is 0 Å². The third-order valence-electron chi connectivity index (χ3n) is 5.16. The van der Waals surface area contributed by atoms with Gasteiger partial charge in [-0.15, -0.1) is 0 Å². The first kappa shape index (κ1) is 18.1. The predicted octanol–water partition coefficient (Wildman–Crippen LogP) is 5.20. The Morgan fingerprint density at radius 1 is 0.900 bits per heavy atom. The molecule has 2 heterocycles. The van der Waals surface area contributed by atoms with E-state index in [9.17, 15) is 4.79 Å². The molecule has 0 radical (unpaired) electrons. The van der Waals surface area contributed by atoms with Crippen molar-refractivity contribution in [1.29, 1.82) is 0 Å². The number of aryl methyl sites for hydroxylation is 1. The third kappa shape index (κ3) is 3.31. The zero-order valence-corrected chi connectivity index (χ0v) is 16.5. The van der Waals surface area contributed by atoms with Gasteiger partial charge in [0.25, 0.3) is 0 Å². The standard InChI is InChI=1S/C25H20N4O/c1-17-11-13-19(14-12-17)27-23(30)16-29-25-20-9-5-6-10-22(20)26-15-21(25)24(28-29)18-7-3-2-4-8-18/h2-15H,16H2,1H3,(H,27,30). The number of aromatic nitrogens is 3. The van der Waals surface area contributed by atoms with Gasteiger partial charge in [-0.1, -0.05) is 66.2 Å². The van der Waals surface area contributed by atoms with E-state index in [0.29, 0.717) is 0 Å². The minimum Gasteiger partial charge on any atom is -0.324 e. The minimum absolute atomic E-state index is 0.116. The lowest BCUT2D eigenvalue weighted by atomic mass is 10.1. The van der Waals surface area contributed by atoms with E-state index < -0.39 is 0 Å². The van der Waals surface area contributed by atoms with Crippen molar-refractivity contribution in [3.8, 4) is 11.3 Å². The summed E-state index contributed by atoms with van der Waals surface area (Å²) < 4.78 is 1.78. The molecule has 1 amide bonds. The molecular weight excluding hydrogens is 372 g/mol. The maximum atomic E-state index is 12.8. The fourth-order valence-electron chi connectivity index (χ4n) is 3.70. The van der Waals surface area contributed by atoms with Gasteiger partial charge < -0.3 is 5.32 Å². The van der Waals surface area contributed by atoms with Crippen molar-refractivity contribution < 1.29 is 4.79 Å². The minimum atomic E-state index is -0.122. The average Bonchev–Trinajstić information content (AvgIpc) is 3.14. The van der Waals surface area contributed by atoms with Crippen LogP contribution in [-0.2, 0) is 11.3 Å². The van der Waals surface area contributed by atoms with Gasteiger partial charge in [0.2, 0.25) is 5.91 Å². The Bertz CT molecular complexity index is 1360. The Morgan fingerprint density at radius 3 is 2.43 bits per heavy atom. The number of benzene rings is 3. The van der Waals surface area contributed by atoms with Crippen molar-refractivity contribution in [1.82, 2.24) is 14.8 Å². The van der Waals surface area contributed by atoms with Crippen molar-refractivity contribution in [3.05, 3.63) is 90.6 Å². The molecule has 0 aliphatic carbocycles. The van der Waals surface area contributed by atoms with E-state index in [1.807, 2.05) is 92.0 Å². The molecule has 146 valence electrons. The maximum absolute atomic E-state index is 12.8. The van der Waals surface area contributed by atoms with E-state index in [2.05, 4.69) is 10.3 Å². The highest BCUT2D eigenvalue weighted by Gasteiger charge is 2.17. The Kier molecular flexibility index (Phi) is 4.48. The van der Waals surface area contributed by atoms with E-state index in [4.69, 9.17) is 5.10 Å². The quantitative estimate of drug-likeness (QED) is 0.457. The lowest BCUT2D eigenvalue weighted by Crippen LogP contribution is -2.19. The van der Waals surface area contributed by atoms with Crippen LogP contribution in [-0.4, -0.2) is 20.7 Å². The summed E-state index contributed by atoms with van der Waals surface area (Å²) >= 11 is 0. The van der Waals surface area contributed by atoms with Crippen LogP contribution in [0.15, 0.2) is 85.1 Å². The van der Waals surface area contributed by atoms with Crippen molar-refractivity contribution >= 4 is 33.4 Å². The number of carbonyl (C=O) groups excluding carboxylic acids is 1. The second-order valence-electron chi connectivity index (χ2n) is 7.32. The SMILES string of the molecule is Cc1ccc(NC(=O)Cn2nc(-c3ccccc3)c3cnc4ccccc4c32)cc1. The molecule has 0 spiro atoms. The molecule has 0 aliphatic heterocycles. The number of hydrogen-bond donors (Lipinski definition) is 1. The number of fused-ring (bicyclic) bond motifs is 3. The number of hydrogen-bond acceptors (Lipinski definition) is 3. The Hall–Kier alpha value is -3.99. The lowest BCUT2D eigenvalue weighted by molar-refractivity contribution is -0.116. The van der Waals surface area contributed by atoms with Crippen molar-refractivity contribution in [2.75, 3.05) is 5.32 Å². The molecule has 5 aromatic rings. The van der Waals surface area contributed by atoms with Crippen LogP contribution in [0.25, 0.3) is 33.1 Å². The number of carbonyl (C=O) groups is 1. The number of anilines is 1. The average molecular weight is 392 g/mol. The van der Waals surface area contributed by atoms with E-state index in [0.717, 1.165) is 44.3 Å². The van der Waals surface area contributed by atoms with Crippen LogP contribution in [0.2, 0.25) is 0 Å². The van der Waals surface area contributed by atoms with Gasteiger partial charge in [0.15, 0.2) is 0 Å². The molecule has 5 nitrogen and oxygen atoms in total. The summed E-state index contributed by atoms with van der Waals surface area (Å²) in [5.41, 5.74) is 5.54. The van der Waals surface area contributed by atoms with Crippen LogP contribution in [0.3, 0.4) is 0 Å². The van der Waals surface area contributed by atoms with Gasteiger partial charge in [-0.2, -0.15) is 5.10 Å². The molecule has 0 unspecified atom stereocenters. The van der Waals surface area contributed by atoms with Gasteiger partial charge >= 0.3 is 0 Å². The zero-order valence-electron chi connectivity index (χ0n) is 16.5. The molecular formula is C25H20N4O. The second kappa shape index (κ2) is 7.44. The zero-order chi connectivity index (χ0) is 20.5. The highest BCUT2D eigenvalue weighted by Crippen LogP contribution is 2.31. The number of nitrogens with one attached hydrogen (secondary N) is 1. The lowest BCUT2D eigenvalue weighted by Gasteiger charge is -2.08. The Balaban J connectivity index is 1.60. The molecule has 0 saturated carbocycles. The van der Waals surface area contributed by atoms with Crippen LogP contribution >= 0.6 is 0 Å². The number of para-hydroxylation sites is 1. The topological polar surface area (TPSA) is 59.8 Å². The van der Waals surface area contributed by atoms with Crippen LogP contribution in [0, 0.1) is 6.92 Å². The molecule has 3 aromatic carbocycles. The van der Waals surface area contributed by atoms with Crippen LogP contribution < -0.4 is 5.32 Å². The summed E-state index contributed by atoms with van der Waals surface area (Å²) in [7, 11) is 0. The third-order valence-corrected chi connectivity index (χ3v) is 5.16. The molecule has 1 N–H and O–H groups in total. The molecule has 0 fully saturated rings. The van der Waals surface area contributed by atoms with Gasteiger partial charge in [-0.05, 0) is 25.1 Å². The fourth-order valence-corrected chi connectivity index (χ4v) is 3.70. The van der Waals surface area contributed by atoms with Crippen molar-refractivity contribution in [2.45, 2.75) is 13.5 Å². The number of pyridine rings is 1. The van der Waals surface area contributed by atoms with Gasteiger partial charge in [-0.25, -0.2) is 0 Å². The summed E-state index contributed by atoms with van der Waals surface area (Å²) in [6, 6.07) is 25.7. The smallest absolute Gasteiger partial charge is 0.246 e. The van der Waals surface area contributed by atoms with E-state index >= 15 is 0 Å². The highest BCUT2D eigenvalue weighted by atomic mass is 16.2. The van der Waals surface area contributed by atoms with Crippen LogP contribution in [0.5, 0.6) is 0 Å². The molecule has 30 heavy (non-hydrogen) atoms. The van der Waals surface area contributed by atoms with Gasteiger partial charge in [0.05, 0.1) is 11.0 Å². The molecule has 5 rings (SSSR count). The molecule has 0 aliphatic rings. The van der Waals surface area contributed by atoms with Gasteiger partial charge in [0.1, 0.15) is 12.2 Å². The summed E-state index contributed by atoms with van der Waals surface area (Å²) in [6.45, 7) is 2.14. The molecule has 2 aromatic heterocycles. The molecule has 0 saturated heterocycles. The number of rotatable bonds is 4. The summed E-state index contributed by atoms with van der Waals surface area (Å²) in [6.07, 6.45) is 1.85. The van der Waals surface area contributed by atoms with E-state index in [-0.39, 0.29) is 12.5 Å². The normalized spacial score (nSPS) is 11.1. The Morgan fingerprint density at radius 2 is 1.63 bits per heavy atom. The maximum Gasteiger partial charge on any atom is 0.246 e. The fraction of sp³-hybridized carbons (Fsp3) is 0.0800. The van der Waals surface area contributed by atoms with Gasteiger partial charge in [-0.3, -0.25) is 14.5 Å². The van der Waals surface area contributed by atoms with Crippen molar-refractivity contribution in [2.24, 2.45) is 0 Å². The number of amides is 1. The first-order valence-corrected chi connectivity index (χ1v) is 9.85. The molecule has 0 bridgehead atoms. The second-order valence-corrected chi connectivity index (χ2v) is 7.32. The first-order valence-electron chi connectivity index (χ1n) is 9.85. The summed E-state index contributed by atoms with van der Waals surface area (Å²) in [4.78, 5) is 17.4. The van der Waals surface area contributed by atoms with Gasteiger partial charge in [0, 0.05) is 28.2 Å². The largest absolute Gasteiger partial charge is 0.324 e. The highest BCUT2D eigenvalue weighted by molar-refractivity contribution is 6.08. The summed E-state index contributed by atoms with van der Waals surface area (Å²) in [5.74, 6) is -0.122. The van der Waals surface area contributed by atoms with Crippen LogP contribution in [0.4, 0.5) is 5.69 Å². The summed E-state index contributed by atoms with van der Waals surface area (Å²) in [5, 5.41) is 9.70. The molecule has 5 heteroatoms. The monoisotopic (exact) mass is 392 g/mol. The van der Waals surface area contributed by atoms with Crippen LogP contribution in [0.1, 0.15) is 5.56 Å². The molecule has 0 atom stereocenters. The first-order chi connectivity index (χ1) is 14.7. The Labute approximate surface area is 174 Å². The number of nitrogens with zero attached hydrogens (tertiary/aromatic N) is 3. The van der Waals surface area contributed by atoms with E-state index in [1.54, 1.807) is 4.68 Å². The van der Waals surface area contributed by atoms with E-state index in [1.165, 1.54) is 0 Å².